The summed E-state index contributed by atoms with van der Waals surface area (Å²) in [5.41, 5.74) is 3.01. The quantitative estimate of drug-likeness (QED) is 0.668. The molecule has 1 aromatic heterocycles. The minimum Gasteiger partial charge on any atom is -0.348 e. The first-order chi connectivity index (χ1) is 13.6. The molecule has 144 valence electrons. The van der Waals surface area contributed by atoms with Crippen LogP contribution in [0.4, 0.5) is 4.39 Å². The van der Waals surface area contributed by atoms with Gasteiger partial charge in [-0.25, -0.2) is 4.39 Å². The molecule has 2 aromatic carbocycles. The van der Waals surface area contributed by atoms with Gasteiger partial charge in [-0.1, -0.05) is 42.1 Å². The second-order valence-corrected chi connectivity index (χ2v) is 8.07. The van der Waals surface area contributed by atoms with Gasteiger partial charge in [-0.2, -0.15) is 4.68 Å². The molecule has 0 fully saturated rings. The number of aryl methyl sites for hydroxylation is 1. The first kappa shape index (κ1) is 18.6. The minimum atomic E-state index is -0.396. The van der Waals surface area contributed by atoms with Gasteiger partial charge in [-0.15, -0.1) is 5.10 Å². The first-order valence-electron chi connectivity index (χ1n) is 9.21. The summed E-state index contributed by atoms with van der Waals surface area (Å²) in [5, 5.41) is 14.8. The van der Waals surface area contributed by atoms with Gasteiger partial charge in [0.2, 0.25) is 11.1 Å². The zero-order valence-corrected chi connectivity index (χ0v) is 16.2. The second kappa shape index (κ2) is 8.10. The molecule has 1 N–H and O–H groups in total. The van der Waals surface area contributed by atoms with E-state index < -0.39 is 5.25 Å². The number of halogens is 1. The van der Waals surface area contributed by atoms with Crippen LogP contribution in [0.5, 0.6) is 0 Å². The molecule has 0 saturated carbocycles. The van der Waals surface area contributed by atoms with E-state index in [1.165, 1.54) is 39.7 Å². The molecule has 8 heteroatoms. The Morgan fingerprint density at radius 2 is 2.14 bits per heavy atom. The monoisotopic (exact) mass is 397 g/mol. The van der Waals surface area contributed by atoms with Crippen LogP contribution in [0.3, 0.4) is 0 Å². The highest BCUT2D eigenvalue weighted by atomic mass is 32.2. The second-order valence-electron chi connectivity index (χ2n) is 6.77. The lowest BCUT2D eigenvalue weighted by atomic mass is 9.88. The van der Waals surface area contributed by atoms with Crippen LogP contribution in [0.15, 0.2) is 53.7 Å². The van der Waals surface area contributed by atoms with Crippen LogP contribution in [-0.2, 0) is 11.2 Å². The SMILES string of the molecule is C[C@H](Sc1nnnn1-c1cccc(F)c1)C(=O)N[C@H]1CCCc2ccccc21. The maximum atomic E-state index is 13.5. The van der Waals surface area contributed by atoms with E-state index in [4.69, 9.17) is 0 Å². The number of thioether (sulfide) groups is 1. The Kier molecular flexibility index (Phi) is 5.38. The fraction of sp³-hybridized carbons (Fsp3) is 0.300. The van der Waals surface area contributed by atoms with Crippen molar-refractivity contribution >= 4 is 17.7 Å². The van der Waals surface area contributed by atoms with Gasteiger partial charge in [-0.3, -0.25) is 4.79 Å². The number of rotatable bonds is 5. The number of tetrazole rings is 1. The number of aromatic nitrogens is 4. The van der Waals surface area contributed by atoms with Crippen molar-refractivity contribution in [3.63, 3.8) is 0 Å². The standard InChI is InChI=1S/C20H20FN5OS/c1-13(19(27)22-18-11-4-7-14-6-2-3-10-17(14)18)28-20-23-24-25-26(20)16-9-5-8-15(21)12-16/h2-3,5-6,8-10,12-13,18H,4,7,11H2,1H3,(H,22,27)/t13-,18-/m0/s1. The van der Waals surface area contributed by atoms with Crippen molar-refractivity contribution in [2.24, 2.45) is 0 Å². The molecule has 3 aromatic rings. The van der Waals surface area contributed by atoms with Crippen LogP contribution in [-0.4, -0.2) is 31.4 Å². The lowest BCUT2D eigenvalue weighted by molar-refractivity contribution is -0.121. The lowest BCUT2D eigenvalue weighted by Gasteiger charge is -2.27. The number of carbonyl (C=O) groups is 1. The summed E-state index contributed by atoms with van der Waals surface area (Å²) < 4.78 is 14.9. The Balaban J connectivity index is 1.46. The Morgan fingerprint density at radius 1 is 1.29 bits per heavy atom. The fourth-order valence-corrected chi connectivity index (χ4v) is 4.24. The van der Waals surface area contributed by atoms with Crippen molar-refractivity contribution in [1.82, 2.24) is 25.5 Å². The minimum absolute atomic E-state index is 0.0275. The van der Waals surface area contributed by atoms with Gasteiger partial charge in [0.1, 0.15) is 5.82 Å². The van der Waals surface area contributed by atoms with Crippen LogP contribution in [0.2, 0.25) is 0 Å². The predicted molar refractivity (Wildman–Crippen MR) is 105 cm³/mol. The Bertz CT molecular complexity index is 992. The molecule has 2 atom stereocenters. The predicted octanol–water partition coefficient (Wildman–Crippen LogP) is 3.48. The zero-order valence-electron chi connectivity index (χ0n) is 15.4. The van der Waals surface area contributed by atoms with Crippen LogP contribution < -0.4 is 5.32 Å². The number of hydrogen-bond donors (Lipinski definition) is 1. The number of nitrogens with zero attached hydrogens (tertiary/aromatic N) is 4. The molecule has 28 heavy (non-hydrogen) atoms. The third-order valence-corrected chi connectivity index (χ3v) is 5.86. The summed E-state index contributed by atoms with van der Waals surface area (Å²) in [6, 6.07) is 14.3. The summed E-state index contributed by atoms with van der Waals surface area (Å²) in [6.07, 6.45) is 3.04. The van der Waals surface area contributed by atoms with Crippen molar-refractivity contribution in [2.75, 3.05) is 0 Å². The molecule has 1 amide bonds. The number of nitrogens with one attached hydrogen (secondary N) is 1. The Labute approximate surface area is 166 Å². The van der Waals surface area contributed by atoms with Gasteiger partial charge in [0.25, 0.3) is 0 Å². The van der Waals surface area contributed by atoms with Crippen molar-refractivity contribution in [3.05, 3.63) is 65.5 Å². The molecule has 0 bridgehead atoms. The smallest absolute Gasteiger partial charge is 0.233 e. The highest BCUT2D eigenvalue weighted by Crippen LogP contribution is 2.30. The molecule has 0 unspecified atom stereocenters. The van der Waals surface area contributed by atoms with E-state index in [2.05, 4.69) is 33.0 Å². The van der Waals surface area contributed by atoms with Gasteiger partial charge >= 0.3 is 0 Å². The van der Waals surface area contributed by atoms with Gasteiger partial charge in [-0.05, 0) is 65.9 Å². The molecule has 0 aliphatic heterocycles. The van der Waals surface area contributed by atoms with Gasteiger partial charge in [0.05, 0.1) is 17.0 Å². The number of hydrogen-bond acceptors (Lipinski definition) is 5. The van der Waals surface area contributed by atoms with Crippen molar-refractivity contribution in [1.29, 1.82) is 0 Å². The van der Waals surface area contributed by atoms with Crippen LogP contribution in [0.1, 0.15) is 36.9 Å². The van der Waals surface area contributed by atoms with Gasteiger partial charge < -0.3 is 5.32 Å². The summed E-state index contributed by atoms with van der Waals surface area (Å²) in [6.45, 7) is 1.82. The van der Waals surface area contributed by atoms with Crippen molar-refractivity contribution < 1.29 is 9.18 Å². The normalized spacial score (nSPS) is 17.0. The van der Waals surface area contributed by atoms with Crippen LogP contribution in [0, 0.1) is 5.82 Å². The van der Waals surface area contributed by atoms with E-state index in [1.807, 2.05) is 19.1 Å². The van der Waals surface area contributed by atoms with Gasteiger partial charge in [0.15, 0.2) is 0 Å². The maximum absolute atomic E-state index is 13.5. The number of benzene rings is 2. The average Bonchev–Trinajstić information content (AvgIpc) is 3.16. The topological polar surface area (TPSA) is 72.7 Å². The fourth-order valence-electron chi connectivity index (χ4n) is 3.43. The summed E-state index contributed by atoms with van der Waals surface area (Å²) in [7, 11) is 0. The molecule has 0 spiro atoms. The Morgan fingerprint density at radius 3 is 3.00 bits per heavy atom. The number of amides is 1. The van der Waals surface area contributed by atoms with Crippen LogP contribution in [0.25, 0.3) is 5.69 Å². The molecular weight excluding hydrogens is 377 g/mol. The molecule has 1 aliphatic carbocycles. The van der Waals surface area contributed by atoms with Crippen molar-refractivity contribution in [2.45, 2.75) is 42.6 Å². The van der Waals surface area contributed by atoms with E-state index in [9.17, 15) is 9.18 Å². The van der Waals surface area contributed by atoms with Crippen LogP contribution >= 0.6 is 11.8 Å². The Hall–Kier alpha value is -2.74. The summed E-state index contributed by atoms with van der Waals surface area (Å²) >= 11 is 1.25. The molecule has 0 radical (unpaired) electrons. The van der Waals surface area contributed by atoms with Crippen molar-refractivity contribution in [3.8, 4) is 5.69 Å². The lowest BCUT2D eigenvalue weighted by Crippen LogP contribution is -2.36. The number of carbonyl (C=O) groups excluding carboxylic acids is 1. The van der Waals surface area contributed by atoms with E-state index in [0.717, 1.165) is 19.3 Å². The molecule has 4 rings (SSSR count). The number of fused-ring (bicyclic) bond motifs is 1. The maximum Gasteiger partial charge on any atom is 0.233 e. The van der Waals surface area contributed by atoms with Gasteiger partial charge in [0, 0.05) is 0 Å². The van der Waals surface area contributed by atoms with E-state index in [0.29, 0.717) is 10.8 Å². The largest absolute Gasteiger partial charge is 0.348 e. The zero-order chi connectivity index (χ0) is 19.5. The molecular formula is C20H20FN5OS. The average molecular weight is 397 g/mol. The van der Waals surface area contributed by atoms with E-state index >= 15 is 0 Å². The molecule has 1 heterocycles. The first-order valence-corrected chi connectivity index (χ1v) is 10.1. The highest BCUT2D eigenvalue weighted by Gasteiger charge is 2.25. The molecule has 6 nitrogen and oxygen atoms in total. The summed E-state index contributed by atoms with van der Waals surface area (Å²) in [4.78, 5) is 12.8. The molecule has 0 saturated heterocycles. The summed E-state index contributed by atoms with van der Waals surface area (Å²) in [5.74, 6) is -0.439. The third kappa shape index (κ3) is 3.91. The van der Waals surface area contributed by atoms with E-state index in [-0.39, 0.29) is 17.8 Å². The highest BCUT2D eigenvalue weighted by molar-refractivity contribution is 8.00. The van der Waals surface area contributed by atoms with E-state index in [1.54, 1.807) is 12.1 Å². The third-order valence-electron chi connectivity index (χ3n) is 4.83. The molecule has 1 aliphatic rings.